The number of unbranched alkanes of at least 4 members (excludes halogenated alkanes) is 1. The van der Waals surface area contributed by atoms with Crippen LogP contribution in [0.25, 0.3) is 10.2 Å². The van der Waals surface area contributed by atoms with Crippen molar-refractivity contribution in [3.8, 4) is 0 Å². The predicted molar refractivity (Wildman–Crippen MR) is 128 cm³/mol. The first-order valence-electron chi connectivity index (χ1n) is 11.5. The van der Waals surface area contributed by atoms with Crippen LogP contribution in [0.15, 0.2) is 24.3 Å². The lowest BCUT2D eigenvalue weighted by Crippen LogP contribution is -2.14. The Hall–Kier alpha value is -2.51. The molecule has 0 saturated carbocycles. The molecule has 1 aromatic carbocycles. The molecule has 1 N–H and O–H groups in total. The van der Waals surface area contributed by atoms with Gasteiger partial charge in [0.1, 0.15) is 23.9 Å². The summed E-state index contributed by atoms with van der Waals surface area (Å²) in [5.74, 6) is 1.10. The number of aromatic nitrogens is 2. The Morgan fingerprint density at radius 3 is 2.78 bits per heavy atom. The number of aryl methyl sites for hydroxylation is 3. The average Bonchev–Trinajstić information content (AvgIpc) is 3.17. The molecule has 170 valence electrons. The Morgan fingerprint density at radius 2 is 1.97 bits per heavy atom. The van der Waals surface area contributed by atoms with Gasteiger partial charge in [0.2, 0.25) is 0 Å². The lowest BCUT2D eigenvalue weighted by Gasteiger charge is -2.13. The van der Waals surface area contributed by atoms with Crippen molar-refractivity contribution in [3.05, 3.63) is 51.7 Å². The summed E-state index contributed by atoms with van der Waals surface area (Å²) in [5.41, 5.74) is 3.85. The molecular formula is C25H31N3O3S. The molecule has 3 aromatic rings. The van der Waals surface area contributed by atoms with E-state index in [1.54, 1.807) is 11.3 Å². The van der Waals surface area contributed by atoms with Gasteiger partial charge in [-0.2, -0.15) is 0 Å². The summed E-state index contributed by atoms with van der Waals surface area (Å²) in [6, 6.07) is 8.52. The molecule has 7 heteroatoms. The smallest absolute Gasteiger partial charge is 0.332 e. The van der Waals surface area contributed by atoms with Crippen LogP contribution in [-0.2, 0) is 40.3 Å². The van der Waals surface area contributed by atoms with Gasteiger partial charge in [-0.25, -0.2) is 14.8 Å². The van der Waals surface area contributed by atoms with E-state index >= 15 is 0 Å². The fraction of sp³-hybridized carbons (Fsp3) is 0.480. The first-order chi connectivity index (χ1) is 15.6. The molecule has 0 bridgehead atoms. The number of carbonyl (C=O) groups is 1. The highest BCUT2D eigenvalue weighted by Crippen LogP contribution is 2.38. The normalized spacial score (nSPS) is 13.2. The minimum Gasteiger partial charge on any atom is -0.464 e. The van der Waals surface area contributed by atoms with Crippen molar-refractivity contribution < 1.29 is 14.3 Å². The first-order valence-corrected chi connectivity index (χ1v) is 12.3. The third-order valence-corrected chi connectivity index (χ3v) is 6.84. The van der Waals surface area contributed by atoms with Crippen molar-refractivity contribution in [2.75, 3.05) is 18.5 Å². The van der Waals surface area contributed by atoms with Crippen LogP contribution < -0.4 is 5.32 Å². The molecule has 4 rings (SSSR count). The highest BCUT2D eigenvalue weighted by Gasteiger charge is 2.21. The number of esters is 1. The average molecular weight is 454 g/mol. The van der Waals surface area contributed by atoms with Gasteiger partial charge >= 0.3 is 5.97 Å². The SMILES string of the molecule is CCCCOC(=O)COCc1nc(NCc2ccc(C)cc2)c2c3c(sc2n1)CCCC3. The van der Waals surface area contributed by atoms with E-state index in [-0.39, 0.29) is 19.2 Å². The number of carbonyl (C=O) groups excluding carboxylic acids is 1. The number of anilines is 1. The van der Waals surface area contributed by atoms with Gasteiger partial charge in [-0.05, 0) is 50.2 Å². The Morgan fingerprint density at radius 1 is 1.16 bits per heavy atom. The maximum absolute atomic E-state index is 11.8. The molecule has 32 heavy (non-hydrogen) atoms. The molecule has 0 spiro atoms. The second kappa shape index (κ2) is 10.9. The third-order valence-electron chi connectivity index (χ3n) is 5.65. The molecule has 1 aliphatic rings. The summed E-state index contributed by atoms with van der Waals surface area (Å²) < 4.78 is 10.7. The van der Waals surface area contributed by atoms with Gasteiger partial charge in [-0.15, -0.1) is 11.3 Å². The highest BCUT2D eigenvalue weighted by molar-refractivity contribution is 7.19. The van der Waals surface area contributed by atoms with Crippen molar-refractivity contribution in [3.63, 3.8) is 0 Å². The fourth-order valence-corrected chi connectivity index (χ4v) is 5.16. The standard InChI is InChI=1S/C25H31N3O3S/c1-3-4-13-31-22(29)16-30-15-21-27-24(26-14-18-11-9-17(2)10-12-18)23-19-7-5-6-8-20(19)32-25(23)28-21/h9-12H,3-8,13-16H2,1-2H3,(H,26,27,28). The molecule has 0 unspecified atom stereocenters. The van der Waals surface area contributed by atoms with E-state index in [9.17, 15) is 4.79 Å². The van der Waals surface area contributed by atoms with E-state index in [1.165, 1.54) is 34.4 Å². The van der Waals surface area contributed by atoms with E-state index in [4.69, 9.17) is 19.4 Å². The summed E-state index contributed by atoms with van der Waals surface area (Å²) in [5, 5.41) is 4.69. The summed E-state index contributed by atoms with van der Waals surface area (Å²) in [6.45, 7) is 5.38. The predicted octanol–water partition coefficient (Wildman–Crippen LogP) is 5.35. The summed E-state index contributed by atoms with van der Waals surface area (Å²) >= 11 is 1.77. The van der Waals surface area contributed by atoms with Crippen molar-refractivity contribution in [1.82, 2.24) is 9.97 Å². The van der Waals surface area contributed by atoms with E-state index in [2.05, 4.69) is 43.4 Å². The van der Waals surface area contributed by atoms with E-state index < -0.39 is 0 Å². The zero-order valence-electron chi connectivity index (χ0n) is 18.9. The molecule has 6 nitrogen and oxygen atoms in total. The Kier molecular flexibility index (Phi) is 7.71. The lowest BCUT2D eigenvalue weighted by atomic mass is 9.97. The van der Waals surface area contributed by atoms with E-state index in [1.807, 2.05) is 0 Å². The van der Waals surface area contributed by atoms with Gasteiger partial charge in [-0.3, -0.25) is 0 Å². The number of fused-ring (bicyclic) bond motifs is 3. The molecule has 2 aromatic heterocycles. The van der Waals surface area contributed by atoms with Gasteiger partial charge in [0.05, 0.1) is 12.0 Å². The number of nitrogens with one attached hydrogen (secondary N) is 1. The van der Waals surface area contributed by atoms with Crippen LogP contribution in [0.2, 0.25) is 0 Å². The maximum atomic E-state index is 11.8. The molecule has 1 aliphatic carbocycles. The van der Waals surface area contributed by atoms with Crippen LogP contribution >= 0.6 is 11.3 Å². The molecule has 0 radical (unpaired) electrons. The van der Waals surface area contributed by atoms with Crippen molar-refractivity contribution in [2.45, 2.75) is 65.5 Å². The van der Waals surface area contributed by atoms with E-state index in [0.29, 0.717) is 19.0 Å². The number of benzene rings is 1. The molecule has 0 atom stereocenters. The molecule has 0 aliphatic heterocycles. The molecule has 0 amide bonds. The van der Waals surface area contributed by atoms with Crippen LogP contribution in [-0.4, -0.2) is 29.2 Å². The number of hydrogen-bond acceptors (Lipinski definition) is 7. The molecular weight excluding hydrogens is 422 g/mol. The van der Waals surface area contributed by atoms with Crippen LogP contribution in [0.5, 0.6) is 0 Å². The minimum atomic E-state index is -0.344. The molecule has 0 saturated heterocycles. The Bertz CT molecular complexity index is 1060. The van der Waals surface area contributed by atoms with Gasteiger partial charge in [0.25, 0.3) is 0 Å². The zero-order valence-corrected chi connectivity index (χ0v) is 19.7. The summed E-state index contributed by atoms with van der Waals surface area (Å²) in [4.78, 5) is 23.8. The summed E-state index contributed by atoms with van der Waals surface area (Å²) in [7, 11) is 0. The second-order valence-corrected chi connectivity index (χ2v) is 9.37. The highest BCUT2D eigenvalue weighted by atomic mass is 32.1. The lowest BCUT2D eigenvalue weighted by molar-refractivity contribution is -0.149. The van der Waals surface area contributed by atoms with Crippen LogP contribution in [0.4, 0.5) is 5.82 Å². The van der Waals surface area contributed by atoms with Crippen LogP contribution in [0.1, 0.15) is 60.0 Å². The van der Waals surface area contributed by atoms with Crippen LogP contribution in [0.3, 0.4) is 0 Å². The number of rotatable bonds is 10. The number of nitrogens with zero attached hydrogens (tertiary/aromatic N) is 2. The monoisotopic (exact) mass is 453 g/mol. The van der Waals surface area contributed by atoms with Gasteiger partial charge in [-0.1, -0.05) is 43.2 Å². The number of thiophene rings is 1. The van der Waals surface area contributed by atoms with Gasteiger partial charge < -0.3 is 14.8 Å². The Balaban J connectivity index is 1.50. The molecule has 0 fully saturated rings. The maximum Gasteiger partial charge on any atom is 0.332 e. The second-order valence-electron chi connectivity index (χ2n) is 8.29. The van der Waals surface area contributed by atoms with Crippen molar-refractivity contribution in [2.24, 2.45) is 0 Å². The van der Waals surface area contributed by atoms with Crippen molar-refractivity contribution in [1.29, 1.82) is 0 Å². The first kappa shape index (κ1) is 22.7. The topological polar surface area (TPSA) is 73.3 Å². The minimum absolute atomic E-state index is 0.0851. The largest absolute Gasteiger partial charge is 0.464 e. The fourth-order valence-electron chi connectivity index (χ4n) is 3.88. The summed E-state index contributed by atoms with van der Waals surface area (Å²) in [6.07, 6.45) is 6.49. The van der Waals surface area contributed by atoms with Crippen molar-refractivity contribution >= 4 is 33.3 Å². The van der Waals surface area contributed by atoms with Crippen LogP contribution in [0, 0.1) is 6.92 Å². The van der Waals surface area contributed by atoms with Gasteiger partial charge in [0, 0.05) is 11.4 Å². The van der Waals surface area contributed by atoms with E-state index in [0.717, 1.165) is 41.7 Å². The number of ether oxygens (including phenoxy) is 2. The zero-order chi connectivity index (χ0) is 22.3. The third kappa shape index (κ3) is 5.64. The Labute approximate surface area is 193 Å². The number of hydrogen-bond donors (Lipinski definition) is 1. The molecule has 2 heterocycles. The quantitative estimate of drug-likeness (QED) is 0.329. The van der Waals surface area contributed by atoms with Gasteiger partial charge in [0.15, 0.2) is 5.82 Å².